The van der Waals surface area contributed by atoms with Gasteiger partial charge in [0.2, 0.25) is 0 Å². The Morgan fingerprint density at radius 1 is 1.26 bits per heavy atom. The Labute approximate surface area is 158 Å². The highest BCUT2D eigenvalue weighted by molar-refractivity contribution is 5.87. The molecule has 3 unspecified atom stereocenters. The van der Waals surface area contributed by atoms with Crippen LogP contribution in [0.4, 0.5) is 4.39 Å². The van der Waals surface area contributed by atoms with Crippen LogP contribution in [-0.4, -0.2) is 32.6 Å². The van der Waals surface area contributed by atoms with Crippen LogP contribution in [0.1, 0.15) is 53.5 Å². The molecule has 5 heteroatoms. The number of aryl methyl sites for hydroxylation is 1. The molecule has 2 aliphatic rings. The molecular formula is C22H24FN3O. The average molecular weight is 365 g/mol. The van der Waals surface area contributed by atoms with Crippen molar-refractivity contribution in [3.63, 3.8) is 0 Å². The van der Waals surface area contributed by atoms with Crippen molar-refractivity contribution in [1.82, 2.24) is 14.5 Å². The van der Waals surface area contributed by atoms with E-state index in [-0.39, 0.29) is 0 Å². The second kappa shape index (κ2) is 6.43. The fourth-order valence-corrected chi connectivity index (χ4v) is 4.93. The smallest absolute Gasteiger partial charge is 0.153 e. The van der Waals surface area contributed by atoms with E-state index in [9.17, 15) is 5.11 Å². The number of aromatic nitrogens is 2. The lowest BCUT2D eigenvalue weighted by molar-refractivity contribution is 0.135. The zero-order valence-electron chi connectivity index (χ0n) is 15.5. The monoisotopic (exact) mass is 365 g/mol. The Balaban J connectivity index is 1.67. The first-order chi connectivity index (χ1) is 13.1. The van der Waals surface area contributed by atoms with Crippen LogP contribution in [0, 0.1) is 6.92 Å². The summed E-state index contributed by atoms with van der Waals surface area (Å²) < 4.78 is 17.3. The second-order valence-electron chi connectivity index (χ2n) is 7.85. The summed E-state index contributed by atoms with van der Waals surface area (Å²) in [6.07, 6.45) is 3.85. The minimum absolute atomic E-state index is 0.301. The van der Waals surface area contributed by atoms with E-state index in [1.54, 1.807) is 12.4 Å². The molecule has 140 valence electrons. The van der Waals surface area contributed by atoms with Gasteiger partial charge in [0, 0.05) is 41.4 Å². The number of pyridine rings is 1. The fourth-order valence-electron chi connectivity index (χ4n) is 4.93. The van der Waals surface area contributed by atoms with Crippen LogP contribution >= 0.6 is 0 Å². The molecule has 3 aromatic rings. The van der Waals surface area contributed by atoms with Gasteiger partial charge in [-0.2, -0.15) is 0 Å². The van der Waals surface area contributed by atoms with Crippen LogP contribution in [0.25, 0.3) is 10.9 Å². The van der Waals surface area contributed by atoms with Crippen molar-refractivity contribution in [2.24, 2.45) is 0 Å². The number of rotatable bonds is 3. The van der Waals surface area contributed by atoms with Crippen LogP contribution in [0.5, 0.6) is 0 Å². The number of hydrogen-bond donors (Lipinski definition) is 1. The summed E-state index contributed by atoms with van der Waals surface area (Å²) in [7, 11) is 0. The summed E-state index contributed by atoms with van der Waals surface area (Å²) in [5, 5.41) is 11.9. The molecule has 0 spiro atoms. The normalized spacial score (nSPS) is 23.4. The molecule has 1 aromatic carbocycles. The van der Waals surface area contributed by atoms with Crippen LogP contribution < -0.4 is 0 Å². The lowest BCUT2D eigenvalue weighted by Crippen LogP contribution is -2.33. The first-order valence-corrected chi connectivity index (χ1v) is 9.72. The van der Waals surface area contributed by atoms with Gasteiger partial charge in [0.15, 0.2) is 6.17 Å². The highest BCUT2D eigenvalue weighted by Gasteiger charge is 2.40. The zero-order valence-corrected chi connectivity index (χ0v) is 15.5. The predicted molar refractivity (Wildman–Crippen MR) is 103 cm³/mol. The largest absolute Gasteiger partial charge is 0.387 e. The topological polar surface area (TPSA) is 41.3 Å². The molecule has 3 atom stereocenters. The standard InChI is InChI=1S/C22H24FN3O/c1-14-4-5-18-16(11-14)21-19-3-2-10-25(19)12-17(23)22(21)26(18)13-20(27)15-6-8-24-9-7-15/h4-9,11,17,19-20,27H,2-3,10,12-13H2,1H3. The highest BCUT2D eigenvalue weighted by atomic mass is 19.1. The molecule has 4 nitrogen and oxygen atoms in total. The van der Waals surface area contributed by atoms with Gasteiger partial charge in [0.1, 0.15) is 0 Å². The van der Waals surface area contributed by atoms with Gasteiger partial charge >= 0.3 is 0 Å². The van der Waals surface area contributed by atoms with E-state index in [2.05, 4.69) is 35.0 Å². The number of alkyl halides is 1. The molecule has 27 heavy (non-hydrogen) atoms. The van der Waals surface area contributed by atoms with E-state index in [1.807, 2.05) is 16.7 Å². The van der Waals surface area contributed by atoms with E-state index in [0.29, 0.717) is 19.1 Å². The van der Waals surface area contributed by atoms with Crippen molar-refractivity contribution in [1.29, 1.82) is 0 Å². The Hall–Kier alpha value is -2.24. The quantitative estimate of drug-likeness (QED) is 0.755. The van der Waals surface area contributed by atoms with E-state index < -0.39 is 12.3 Å². The third-order valence-corrected chi connectivity index (χ3v) is 6.13. The van der Waals surface area contributed by atoms with E-state index >= 15 is 4.39 Å². The first-order valence-electron chi connectivity index (χ1n) is 9.72. The lowest BCUT2D eigenvalue weighted by atomic mass is 9.94. The minimum Gasteiger partial charge on any atom is -0.387 e. The molecule has 0 amide bonds. The lowest BCUT2D eigenvalue weighted by Gasteiger charge is -2.33. The molecule has 5 rings (SSSR count). The number of nitrogens with zero attached hydrogens (tertiary/aromatic N) is 3. The van der Waals surface area contributed by atoms with Crippen molar-refractivity contribution in [2.75, 3.05) is 13.1 Å². The molecule has 2 aliphatic heterocycles. The van der Waals surface area contributed by atoms with Gasteiger partial charge in [0.25, 0.3) is 0 Å². The number of benzene rings is 1. The van der Waals surface area contributed by atoms with Crippen molar-refractivity contribution in [3.05, 3.63) is 65.1 Å². The molecule has 1 fully saturated rings. The Kier molecular flexibility index (Phi) is 4.02. The van der Waals surface area contributed by atoms with Gasteiger partial charge < -0.3 is 9.67 Å². The number of fused-ring (bicyclic) bond motifs is 5. The third-order valence-electron chi connectivity index (χ3n) is 6.13. The van der Waals surface area contributed by atoms with E-state index in [0.717, 1.165) is 47.1 Å². The third kappa shape index (κ3) is 2.68. The molecule has 0 saturated carbocycles. The van der Waals surface area contributed by atoms with Gasteiger partial charge in [-0.3, -0.25) is 9.88 Å². The Morgan fingerprint density at radius 3 is 2.89 bits per heavy atom. The van der Waals surface area contributed by atoms with Crippen LogP contribution in [0.3, 0.4) is 0 Å². The number of hydrogen-bond acceptors (Lipinski definition) is 3. The van der Waals surface area contributed by atoms with Gasteiger partial charge in [-0.1, -0.05) is 11.6 Å². The summed E-state index contributed by atoms with van der Waals surface area (Å²) in [6, 6.07) is 10.3. The first kappa shape index (κ1) is 16.9. The summed E-state index contributed by atoms with van der Waals surface area (Å²) in [6.45, 7) is 3.87. The zero-order chi connectivity index (χ0) is 18.5. The molecule has 1 N–H and O–H groups in total. The van der Waals surface area contributed by atoms with E-state index in [4.69, 9.17) is 0 Å². The minimum atomic E-state index is -1.02. The van der Waals surface area contributed by atoms with Crippen molar-refractivity contribution in [3.8, 4) is 0 Å². The SMILES string of the molecule is Cc1ccc2c(c1)c1c(n2CC(O)c2ccncc2)C(F)CN2CCCC12. The molecular weight excluding hydrogens is 341 g/mol. The van der Waals surface area contributed by atoms with E-state index in [1.165, 1.54) is 5.56 Å². The maximum absolute atomic E-state index is 15.3. The Bertz CT molecular complexity index is 984. The van der Waals surface area contributed by atoms with Gasteiger partial charge in [-0.25, -0.2) is 4.39 Å². The van der Waals surface area contributed by atoms with Gasteiger partial charge in [-0.05, 0) is 56.1 Å². The molecule has 1 saturated heterocycles. The molecule has 0 radical (unpaired) electrons. The second-order valence-corrected chi connectivity index (χ2v) is 7.85. The van der Waals surface area contributed by atoms with Crippen LogP contribution in [-0.2, 0) is 6.54 Å². The molecule has 0 bridgehead atoms. The van der Waals surface area contributed by atoms with Crippen molar-refractivity contribution < 1.29 is 9.50 Å². The summed E-state index contributed by atoms with van der Waals surface area (Å²) >= 11 is 0. The highest BCUT2D eigenvalue weighted by Crippen LogP contribution is 2.47. The van der Waals surface area contributed by atoms with Gasteiger partial charge in [0.05, 0.1) is 18.3 Å². The molecule has 4 heterocycles. The molecule has 2 aromatic heterocycles. The fraction of sp³-hybridized carbons (Fsp3) is 0.409. The molecule has 0 aliphatic carbocycles. The average Bonchev–Trinajstić information content (AvgIpc) is 3.25. The van der Waals surface area contributed by atoms with Crippen molar-refractivity contribution in [2.45, 2.75) is 44.6 Å². The maximum Gasteiger partial charge on any atom is 0.153 e. The number of aliphatic hydroxyl groups excluding tert-OH is 1. The summed E-state index contributed by atoms with van der Waals surface area (Å²) in [5.74, 6) is 0. The predicted octanol–water partition coefficient (Wildman–Crippen LogP) is 4.24. The number of aliphatic hydroxyl groups is 1. The van der Waals surface area contributed by atoms with Crippen LogP contribution in [0.2, 0.25) is 0 Å². The maximum atomic E-state index is 15.3. The number of halogens is 1. The summed E-state index contributed by atoms with van der Waals surface area (Å²) in [4.78, 5) is 6.31. The van der Waals surface area contributed by atoms with Crippen molar-refractivity contribution >= 4 is 10.9 Å². The summed E-state index contributed by atoms with van der Waals surface area (Å²) in [5.41, 5.74) is 4.93. The van der Waals surface area contributed by atoms with Crippen LogP contribution in [0.15, 0.2) is 42.7 Å². The van der Waals surface area contributed by atoms with Gasteiger partial charge in [-0.15, -0.1) is 0 Å². The Morgan fingerprint density at radius 2 is 2.07 bits per heavy atom.